The fraction of sp³-hybridized carbons (Fsp3) is 0.278. The molecule has 0 bridgehead atoms. The highest BCUT2D eigenvalue weighted by Crippen LogP contribution is 2.34. The number of hydrogen-bond donors (Lipinski definition) is 0. The molecule has 1 aliphatic rings. The van der Waals surface area contributed by atoms with Crippen molar-refractivity contribution in [2.24, 2.45) is 5.92 Å². The van der Waals surface area contributed by atoms with Gasteiger partial charge in [0, 0.05) is 12.2 Å². The fourth-order valence-corrected chi connectivity index (χ4v) is 3.04. The Hall–Kier alpha value is -2.27. The van der Waals surface area contributed by atoms with Gasteiger partial charge in [-0.1, -0.05) is 55.5 Å². The van der Waals surface area contributed by atoms with Crippen LogP contribution in [0, 0.1) is 17.2 Å². The van der Waals surface area contributed by atoms with E-state index in [-0.39, 0.29) is 6.04 Å². The number of benzene rings is 2. The van der Waals surface area contributed by atoms with Gasteiger partial charge in [-0.15, -0.1) is 0 Å². The number of para-hydroxylation sites is 1. The van der Waals surface area contributed by atoms with Gasteiger partial charge >= 0.3 is 0 Å². The van der Waals surface area contributed by atoms with E-state index in [0.717, 1.165) is 13.0 Å². The first-order valence-electron chi connectivity index (χ1n) is 7.07. The largest absolute Gasteiger partial charge is 0.351 e. The van der Waals surface area contributed by atoms with Gasteiger partial charge < -0.3 is 4.90 Å². The first-order chi connectivity index (χ1) is 9.79. The molecule has 0 radical (unpaired) electrons. The van der Waals surface area contributed by atoms with Crippen LogP contribution < -0.4 is 4.90 Å². The number of hydrogen-bond acceptors (Lipinski definition) is 2. The quantitative estimate of drug-likeness (QED) is 0.823. The summed E-state index contributed by atoms with van der Waals surface area (Å²) in [4.78, 5) is 2.25. The molecule has 0 N–H and O–H groups in total. The molecule has 100 valence electrons. The molecule has 0 aliphatic carbocycles. The average Bonchev–Trinajstić information content (AvgIpc) is 2.48. The van der Waals surface area contributed by atoms with Gasteiger partial charge in [0.15, 0.2) is 0 Å². The molecule has 0 unspecified atom stereocenters. The van der Waals surface area contributed by atoms with Gasteiger partial charge in [-0.25, -0.2) is 0 Å². The monoisotopic (exact) mass is 262 g/mol. The van der Waals surface area contributed by atoms with Crippen LogP contribution >= 0.6 is 0 Å². The Morgan fingerprint density at radius 3 is 2.55 bits per heavy atom. The molecule has 3 rings (SSSR count). The first kappa shape index (κ1) is 12.7. The predicted octanol–water partition coefficient (Wildman–Crippen LogP) is 3.78. The fourth-order valence-electron chi connectivity index (χ4n) is 3.04. The Morgan fingerprint density at radius 1 is 1.10 bits per heavy atom. The second kappa shape index (κ2) is 5.38. The minimum atomic E-state index is -0.0508. The van der Waals surface area contributed by atoms with Gasteiger partial charge in [0.1, 0.15) is 6.04 Å². The maximum atomic E-state index is 9.54. The number of nitrogens with zero attached hydrogens (tertiary/aromatic N) is 2. The lowest BCUT2D eigenvalue weighted by molar-refractivity contribution is 0.463. The summed E-state index contributed by atoms with van der Waals surface area (Å²) in [5, 5.41) is 9.54. The van der Waals surface area contributed by atoms with E-state index >= 15 is 0 Å². The normalized spacial score (nSPS) is 21.1. The molecule has 0 aromatic heterocycles. The van der Waals surface area contributed by atoms with Crippen molar-refractivity contribution in [2.75, 3.05) is 4.90 Å². The van der Waals surface area contributed by atoms with Gasteiger partial charge in [0.25, 0.3) is 0 Å². The summed E-state index contributed by atoms with van der Waals surface area (Å²) in [5.74, 6) is 0.360. The highest BCUT2D eigenvalue weighted by Gasteiger charge is 2.31. The van der Waals surface area contributed by atoms with Gasteiger partial charge in [0.05, 0.1) is 6.07 Å². The zero-order valence-corrected chi connectivity index (χ0v) is 11.7. The maximum absolute atomic E-state index is 9.54. The summed E-state index contributed by atoms with van der Waals surface area (Å²) in [6.07, 6.45) is 0.986. The van der Waals surface area contributed by atoms with E-state index in [1.54, 1.807) is 0 Å². The lowest BCUT2D eigenvalue weighted by Crippen LogP contribution is -2.43. The van der Waals surface area contributed by atoms with E-state index in [1.165, 1.54) is 16.8 Å². The second-order valence-corrected chi connectivity index (χ2v) is 5.50. The van der Waals surface area contributed by atoms with E-state index in [1.807, 2.05) is 6.07 Å². The van der Waals surface area contributed by atoms with Crippen molar-refractivity contribution in [3.8, 4) is 6.07 Å². The molecule has 1 heterocycles. The van der Waals surface area contributed by atoms with Crippen LogP contribution in [0.3, 0.4) is 0 Å². The minimum Gasteiger partial charge on any atom is -0.351 e. The van der Waals surface area contributed by atoms with E-state index in [9.17, 15) is 5.26 Å². The van der Waals surface area contributed by atoms with Crippen molar-refractivity contribution < 1.29 is 0 Å². The van der Waals surface area contributed by atoms with E-state index in [0.29, 0.717) is 5.92 Å². The summed E-state index contributed by atoms with van der Waals surface area (Å²) < 4.78 is 0. The van der Waals surface area contributed by atoms with Crippen molar-refractivity contribution in [3.63, 3.8) is 0 Å². The van der Waals surface area contributed by atoms with Crippen molar-refractivity contribution in [2.45, 2.75) is 25.9 Å². The first-order valence-corrected chi connectivity index (χ1v) is 7.07. The Kier molecular flexibility index (Phi) is 3.43. The smallest absolute Gasteiger partial charge is 0.120 e. The number of rotatable bonds is 2. The van der Waals surface area contributed by atoms with E-state index in [4.69, 9.17) is 0 Å². The molecule has 0 amide bonds. The molecule has 2 aromatic carbocycles. The van der Waals surface area contributed by atoms with Crippen molar-refractivity contribution in [1.82, 2.24) is 0 Å². The van der Waals surface area contributed by atoms with Crippen LogP contribution in [0.1, 0.15) is 18.1 Å². The number of nitriles is 1. The molecule has 2 nitrogen and oxygen atoms in total. The molecule has 2 heteroatoms. The third-order valence-electron chi connectivity index (χ3n) is 4.05. The Balaban J connectivity index is 1.99. The topological polar surface area (TPSA) is 27.0 Å². The molecular formula is C18H18N2. The van der Waals surface area contributed by atoms with Gasteiger partial charge in [-0.3, -0.25) is 0 Å². The van der Waals surface area contributed by atoms with Gasteiger partial charge in [0.2, 0.25) is 0 Å². The molecule has 1 aliphatic heterocycles. The SMILES string of the molecule is C[C@H]1Cc2ccccc2N(Cc2ccccc2)[C@H]1C#N. The summed E-state index contributed by atoms with van der Waals surface area (Å²) in [6.45, 7) is 2.96. The van der Waals surface area contributed by atoms with Crippen LogP contribution in [0.4, 0.5) is 5.69 Å². The number of fused-ring (bicyclic) bond motifs is 1. The zero-order chi connectivity index (χ0) is 13.9. The van der Waals surface area contributed by atoms with Crippen LogP contribution in [0.15, 0.2) is 54.6 Å². The Labute approximate surface area is 120 Å². The van der Waals surface area contributed by atoms with Crippen LogP contribution in [-0.4, -0.2) is 6.04 Å². The van der Waals surface area contributed by atoms with Crippen molar-refractivity contribution in [1.29, 1.82) is 5.26 Å². The summed E-state index contributed by atoms with van der Waals surface area (Å²) >= 11 is 0. The lowest BCUT2D eigenvalue weighted by atomic mass is 9.87. The maximum Gasteiger partial charge on any atom is 0.120 e. The molecule has 0 saturated heterocycles. The zero-order valence-electron chi connectivity index (χ0n) is 11.7. The third kappa shape index (κ3) is 2.28. The molecule has 0 fully saturated rings. The van der Waals surface area contributed by atoms with E-state index in [2.05, 4.69) is 66.4 Å². The molecule has 2 aromatic rings. The number of anilines is 1. The van der Waals surface area contributed by atoms with Crippen LogP contribution in [0.2, 0.25) is 0 Å². The Bertz CT molecular complexity index is 627. The molecular weight excluding hydrogens is 244 g/mol. The molecule has 2 atom stereocenters. The summed E-state index contributed by atoms with van der Waals surface area (Å²) in [5.41, 5.74) is 3.81. The summed E-state index contributed by atoms with van der Waals surface area (Å²) in [6, 6.07) is 21.3. The Morgan fingerprint density at radius 2 is 1.80 bits per heavy atom. The average molecular weight is 262 g/mol. The van der Waals surface area contributed by atoms with Crippen LogP contribution in [-0.2, 0) is 13.0 Å². The van der Waals surface area contributed by atoms with Crippen molar-refractivity contribution >= 4 is 5.69 Å². The highest BCUT2D eigenvalue weighted by molar-refractivity contribution is 5.58. The van der Waals surface area contributed by atoms with Gasteiger partial charge in [-0.05, 0) is 29.5 Å². The van der Waals surface area contributed by atoms with Crippen LogP contribution in [0.5, 0.6) is 0 Å². The van der Waals surface area contributed by atoms with Gasteiger partial charge in [-0.2, -0.15) is 5.26 Å². The summed E-state index contributed by atoms with van der Waals surface area (Å²) in [7, 11) is 0. The van der Waals surface area contributed by atoms with Crippen LogP contribution in [0.25, 0.3) is 0 Å². The highest BCUT2D eigenvalue weighted by atomic mass is 15.2. The standard InChI is InChI=1S/C18H18N2/c1-14-11-16-9-5-6-10-17(16)20(18(14)12-19)13-15-7-3-2-4-8-15/h2-10,14,18H,11,13H2,1H3/t14-,18-/m0/s1. The predicted molar refractivity (Wildman–Crippen MR) is 81.3 cm³/mol. The lowest BCUT2D eigenvalue weighted by Gasteiger charge is -2.39. The van der Waals surface area contributed by atoms with E-state index < -0.39 is 0 Å². The van der Waals surface area contributed by atoms with Crippen molar-refractivity contribution in [3.05, 3.63) is 65.7 Å². The molecule has 0 saturated carbocycles. The molecule has 20 heavy (non-hydrogen) atoms. The molecule has 0 spiro atoms. The minimum absolute atomic E-state index is 0.0508. The second-order valence-electron chi connectivity index (χ2n) is 5.50. The third-order valence-corrected chi connectivity index (χ3v) is 4.05.